The number of rotatable bonds is 29. The van der Waals surface area contributed by atoms with E-state index in [-0.39, 0.29) is 6.61 Å². The fourth-order valence-electron chi connectivity index (χ4n) is 4.62. The summed E-state index contributed by atoms with van der Waals surface area (Å²) < 4.78 is 0. The standard InChI is InChI=1S/C37H65NO4/c1-3-5-7-9-11-13-15-16-17-18-19-20-21-22-24-26-28-30-32-36(41)37(42)38-34(33-39)35(40)31-29-27-25-23-14-12-10-8-6-4-2/h6,8,11,13-16,23,29,31,34-36,39-41H,3-5,7,9-10,12,17-22,24-28,30,32-33H2,1-2H3,(H,38,42)/b8-6+,13-11-,16-15-,23-14+,31-29+. The highest BCUT2D eigenvalue weighted by Crippen LogP contribution is 2.13. The number of carbonyl (C=O) groups excluding carboxylic acids is 1. The minimum Gasteiger partial charge on any atom is -0.394 e. The van der Waals surface area contributed by atoms with Gasteiger partial charge in [-0.25, -0.2) is 0 Å². The number of carbonyl (C=O) groups is 1. The Balaban J connectivity index is 3.81. The largest absolute Gasteiger partial charge is 0.394 e. The van der Waals surface area contributed by atoms with E-state index < -0.39 is 24.2 Å². The molecule has 0 bridgehead atoms. The summed E-state index contributed by atoms with van der Waals surface area (Å²) in [5.41, 5.74) is 0. The molecule has 0 aliphatic rings. The lowest BCUT2D eigenvalue weighted by atomic mass is 10.0. The first-order valence-electron chi connectivity index (χ1n) is 17.1. The zero-order valence-corrected chi connectivity index (χ0v) is 27.1. The predicted molar refractivity (Wildman–Crippen MR) is 180 cm³/mol. The summed E-state index contributed by atoms with van der Waals surface area (Å²) in [6.45, 7) is 3.98. The molecule has 0 aromatic carbocycles. The van der Waals surface area contributed by atoms with Crippen molar-refractivity contribution in [1.29, 1.82) is 0 Å². The molecule has 5 nitrogen and oxygen atoms in total. The lowest BCUT2D eigenvalue weighted by molar-refractivity contribution is -0.131. The van der Waals surface area contributed by atoms with Crippen LogP contribution in [0.2, 0.25) is 0 Å². The Kier molecular flexibility index (Phi) is 30.5. The van der Waals surface area contributed by atoms with Gasteiger partial charge in [0.15, 0.2) is 0 Å². The summed E-state index contributed by atoms with van der Waals surface area (Å²) in [6.07, 6.45) is 40.9. The van der Waals surface area contributed by atoms with Gasteiger partial charge in [-0.15, -0.1) is 0 Å². The van der Waals surface area contributed by atoms with Gasteiger partial charge in [-0.05, 0) is 64.2 Å². The molecule has 0 aromatic rings. The van der Waals surface area contributed by atoms with Crippen LogP contribution in [0.15, 0.2) is 60.8 Å². The SMILES string of the molecule is CC/C=C/CC/C=C/CC/C=C/C(O)C(CO)NC(=O)C(O)CCCCCCCCCCC/C=C\C=C/CCCCC. The monoisotopic (exact) mass is 587 g/mol. The molecular weight excluding hydrogens is 522 g/mol. The molecular formula is C37H65NO4. The maximum Gasteiger partial charge on any atom is 0.249 e. The van der Waals surface area contributed by atoms with Gasteiger partial charge in [-0.3, -0.25) is 4.79 Å². The van der Waals surface area contributed by atoms with Crippen LogP contribution in [0.1, 0.15) is 142 Å². The van der Waals surface area contributed by atoms with Crippen LogP contribution >= 0.6 is 0 Å². The minimum atomic E-state index is -1.11. The summed E-state index contributed by atoms with van der Waals surface area (Å²) in [7, 11) is 0. The highest BCUT2D eigenvalue weighted by Gasteiger charge is 2.22. The molecule has 0 saturated heterocycles. The van der Waals surface area contributed by atoms with E-state index in [2.05, 4.69) is 67.8 Å². The van der Waals surface area contributed by atoms with Crippen LogP contribution in [0.4, 0.5) is 0 Å². The Morgan fingerprint density at radius 2 is 1.12 bits per heavy atom. The number of hydrogen-bond donors (Lipinski definition) is 4. The summed E-state index contributed by atoms with van der Waals surface area (Å²) in [5.74, 6) is -0.528. The van der Waals surface area contributed by atoms with Crippen molar-refractivity contribution in [2.45, 2.75) is 161 Å². The second-order valence-electron chi connectivity index (χ2n) is 11.3. The Morgan fingerprint density at radius 3 is 1.67 bits per heavy atom. The van der Waals surface area contributed by atoms with E-state index in [1.807, 2.05) is 6.08 Å². The molecule has 0 spiro atoms. The van der Waals surface area contributed by atoms with Gasteiger partial charge >= 0.3 is 0 Å². The molecule has 0 rings (SSSR count). The van der Waals surface area contributed by atoms with E-state index in [9.17, 15) is 20.1 Å². The zero-order valence-electron chi connectivity index (χ0n) is 27.1. The third kappa shape index (κ3) is 26.9. The molecule has 4 N–H and O–H groups in total. The molecule has 0 aromatic heterocycles. The van der Waals surface area contributed by atoms with Gasteiger partial charge in [0.1, 0.15) is 6.10 Å². The predicted octanol–water partition coefficient (Wildman–Crippen LogP) is 8.81. The molecule has 5 heteroatoms. The van der Waals surface area contributed by atoms with Gasteiger partial charge < -0.3 is 20.6 Å². The first-order chi connectivity index (χ1) is 20.6. The van der Waals surface area contributed by atoms with Crippen molar-refractivity contribution in [1.82, 2.24) is 5.32 Å². The topological polar surface area (TPSA) is 89.8 Å². The lowest BCUT2D eigenvalue weighted by Crippen LogP contribution is -2.48. The number of hydrogen-bond acceptors (Lipinski definition) is 4. The van der Waals surface area contributed by atoms with Crippen LogP contribution in [0.5, 0.6) is 0 Å². The molecule has 0 saturated carbocycles. The first kappa shape index (κ1) is 40.1. The third-order valence-electron chi connectivity index (χ3n) is 7.35. The summed E-state index contributed by atoms with van der Waals surface area (Å²) >= 11 is 0. The van der Waals surface area contributed by atoms with E-state index in [1.54, 1.807) is 6.08 Å². The molecule has 1 amide bonds. The normalized spacial score (nSPS) is 14.7. The second kappa shape index (κ2) is 32.0. The van der Waals surface area contributed by atoms with Crippen LogP contribution in [0, 0.1) is 0 Å². The maximum absolute atomic E-state index is 12.3. The van der Waals surface area contributed by atoms with Crippen molar-refractivity contribution in [3.05, 3.63) is 60.8 Å². The van der Waals surface area contributed by atoms with Crippen molar-refractivity contribution in [2.75, 3.05) is 6.61 Å². The van der Waals surface area contributed by atoms with Gasteiger partial charge in [0.05, 0.1) is 18.8 Å². The molecule has 0 radical (unpaired) electrons. The van der Waals surface area contributed by atoms with Gasteiger partial charge in [0.25, 0.3) is 0 Å². The van der Waals surface area contributed by atoms with Crippen molar-refractivity contribution < 1.29 is 20.1 Å². The van der Waals surface area contributed by atoms with Crippen LogP contribution in [-0.2, 0) is 4.79 Å². The van der Waals surface area contributed by atoms with E-state index in [4.69, 9.17) is 0 Å². The number of unbranched alkanes of at least 4 members (excludes halogenated alkanes) is 14. The lowest BCUT2D eigenvalue weighted by Gasteiger charge is -2.21. The third-order valence-corrected chi connectivity index (χ3v) is 7.35. The molecule has 0 aliphatic carbocycles. The number of nitrogens with one attached hydrogen (secondary N) is 1. The van der Waals surface area contributed by atoms with Crippen molar-refractivity contribution in [3.63, 3.8) is 0 Å². The van der Waals surface area contributed by atoms with Crippen molar-refractivity contribution in [2.24, 2.45) is 0 Å². The first-order valence-corrected chi connectivity index (χ1v) is 17.1. The van der Waals surface area contributed by atoms with E-state index in [0.29, 0.717) is 6.42 Å². The molecule has 3 unspecified atom stereocenters. The Hall–Kier alpha value is -1.95. The molecule has 0 heterocycles. The number of aliphatic hydroxyl groups is 3. The van der Waals surface area contributed by atoms with Crippen LogP contribution in [0.25, 0.3) is 0 Å². The highest BCUT2D eigenvalue weighted by atomic mass is 16.3. The van der Waals surface area contributed by atoms with Crippen LogP contribution < -0.4 is 5.32 Å². The zero-order chi connectivity index (χ0) is 30.9. The van der Waals surface area contributed by atoms with Crippen LogP contribution in [-0.4, -0.2) is 46.1 Å². The molecule has 0 fully saturated rings. The van der Waals surface area contributed by atoms with Gasteiger partial charge in [0, 0.05) is 0 Å². The molecule has 42 heavy (non-hydrogen) atoms. The summed E-state index contributed by atoms with van der Waals surface area (Å²) in [5, 5.41) is 32.8. The van der Waals surface area contributed by atoms with E-state index in [1.165, 1.54) is 70.6 Å². The maximum atomic E-state index is 12.3. The van der Waals surface area contributed by atoms with Gasteiger partial charge in [-0.1, -0.05) is 139 Å². The fourth-order valence-corrected chi connectivity index (χ4v) is 4.62. The van der Waals surface area contributed by atoms with Crippen LogP contribution in [0.3, 0.4) is 0 Å². The quantitative estimate of drug-likeness (QED) is 0.0400. The molecule has 242 valence electrons. The Bertz CT molecular complexity index is 740. The van der Waals surface area contributed by atoms with Crippen molar-refractivity contribution >= 4 is 5.91 Å². The average molecular weight is 588 g/mol. The number of allylic oxidation sites excluding steroid dienone is 9. The van der Waals surface area contributed by atoms with Gasteiger partial charge in [-0.2, -0.15) is 0 Å². The summed E-state index contributed by atoms with van der Waals surface area (Å²) in [6, 6.07) is -0.822. The summed E-state index contributed by atoms with van der Waals surface area (Å²) in [4.78, 5) is 12.3. The fraction of sp³-hybridized carbons (Fsp3) is 0.703. The smallest absolute Gasteiger partial charge is 0.249 e. The molecule has 0 aliphatic heterocycles. The van der Waals surface area contributed by atoms with Gasteiger partial charge in [0.2, 0.25) is 5.91 Å². The number of aliphatic hydroxyl groups excluding tert-OH is 3. The second-order valence-corrected chi connectivity index (χ2v) is 11.3. The average Bonchev–Trinajstić information content (AvgIpc) is 2.99. The highest BCUT2D eigenvalue weighted by molar-refractivity contribution is 5.80. The molecule has 3 atom stereocenters. The Morgan fingerprint density at radius 1 is 0.619 bits per heavy atom. The van der Waals surface area contributed by atoms with E-state index >= 15 is 0 Å². The van der Waals surface area contributed by atoms with Crippen molar-refractivity contribution in [3.8, 4) is 0 Å². The minimum absolute atomic E-state index is 0.387. The number of amides is 1. The van der Waals surface area contributed by atoms with E-state index in [0.717, 1.165) is 51.4 Å². The Labute approximate surface area is 259 Å².